The van der Waals surface area contributed by atoms with Crippen molar-refractivity contribution < 1.29 is 13.2 Å². The lowest BCUT2D eigenvalue weighted by Gasteiger charge is -2.11. The molecule has 0 bridgehead atoms. The molecule has 1 aromatic rings. The van der Waals surface area contributed by atoms with Gasteiger partial charge in [-0.2, -0.15) is 0 Å². The maximum atomic E-state index is 11.0. The quantitative estimate of drug-likeness (QED) is 0.742. The third kappa shape index (κ3) is 7.85. The lowest BCUT2D eigenvalue weighted by Crippen LogP contribution is -2.18. The molecular formula is C14H23NO3S. The van der Waals surface area contributed by atoms with Gasteiger partial charge in [-0.3, -0.25) is 0 Å². The third-order valence-electron chi connectivity index (χ3n) is 2.47. The molecule has 0 unspecified atom stereocenters. The first-order valence-corrected chi connectivity index (χ1v) is 8.57. The number of hydrogen-bond acceptors (Lipinski definition) is 4. The van der Waals surface area contributed by atoms with Gasteiger partial charge in [-0.25, -0.2) is 8.42 Å². The summed E-state index contributed by atoms with van der Waals surface area (Å²) >= 11 is 0. The summed E-state index contributed by atoms with van der Waals surface area (Å²) < 4.78 is 27.6. The van der Waals surface area contributed by atoms with Crippen LogP contribution in [0.3, 0.4) is 0 Å². The van der Waals surface area contributed by atoms with Crippen molar-refractivity contribution in [1.29, 1.82) is 0 Å². The molecule has 0 spiro atoms. The van der Waals surface area contributed by atoms with Crippen LogP contribution in [-0.2, 0) is 16.4 Å². The molecule has 0 aliphatic carbocycles. The second-order valence-electron chi connectivity index (χ2n) is 4.97. The molecule has 4 nitrogen and oxygen atoms in total. The van der Waals surface area contributed by atoms with E-state index in [9.17, 15) is 8.42 Å². The van der Waals surface area contributed by atoms with E-state index in [0.29, 0.717) is 13.0 Å². The maximum absolute atomic E-state index is 11.0. The highest BCUT2D eigenvalue weighted by Crippen LogP contribution is 2.14. The summed E-state index contributed by atoms with van der Waals surface area (Å²) in [4.78, 5) is 0. The van der Waals surface area contributed by atoms with E-state index in [4.69, 9.17) is 4.74 Å². The van der Waals surface area contributed by atoms with E-state index >= 15 is 0 Å². The molecule has 108 valence electrons. The van der Waals surface area contributed by atoms with E-state index in [1.54, 1.807) is 0 Å². The van der Waals surface area contributed by atoms with Crippen molar-refractivity contribution in [3.63, 3.8) is 0 Å². The molecule has 0 saturated heterocycles. The molecule has 0 aromatic heterocycles. The summed E-state index contributed by atoms with van der Waals surface area (Å²) in [5.41, 5.74) is 1.14. The third-order valence-corrected chi connectivity index (χ3v) is 3.50. The highest BCUT2D eigenvalue weighted by atomic mass is 32.2. The minimum absolute atomic E-state index is 0.165. The van der Waals surface area contributed by atoms with Crippen molar-refractivity contribution in [2.45, 2.75) is 32.9 Å². The van der Waals surface area contributed by atoms with Crippen LogP contribution in [0.2, 0.25) is 0 Å². The summed E-state index contributed by atoms with van der Waals surface area (Å²) in [7, 11) is -2.85. The standard InChI is InChI=1S/C14H23NO3S/c1-12(2)18-14-7-4-6-13(10-14)11-15-8-5-9-19(3,16)17/h4,6-7,10,12,15H,5,8-9,11H2,1-3H3. The Balaban J connectivity index is 2.33. The molecule has 1 rings (SSSR count). The Kier molecular flexibility index (Phi) is 6.31. The molecule has 0 amide bonds. The summed E-state index contributed by atoms with van der Waals surface area (Å²) in [5.74, 6) is 1.10. The monoisotopic (exact) mass is 285 g/mol. The van der Waals surface area contributed by atoms with Crippen LogP contribution >= 0.6 is 0 Å². The second kappa shape index (κ2) is 7.50. The predicted octanol–water partition coefficient (Wildman–Crippen LogP) is 2.00. The molecule has 1 aromatic carbocycles. The van der Waals surface area contributed by atoms with Crippen molar-refractivity contribution in [3.05, 3.63) is 29.8 Å². The Morgan fingerprint density at radius 3 is 2.68 bits per heavy atom. The zero-order valence-corrected chi connectivity index (χ0v) is 12.7. The van der Waals surface area contributed by atoms with Gasteiger partial charge in [0.15, 0.2) is 0 Å². The van der Waals surface area contributed by atoms with Gasteiger partial charge >= 0.3 is 0 Å². The zero-order valence-electron chi connectivity index (χ0n) is 11.8. The fraction of sp³-hybridized carbons (Fsp3) is 0.571. The lowest BCUT2D eigenvalue weighted by molar-refractivity contribution is 0.242. The summed E-state index contributed by atoms with van der Waals surface area (Å²) in [6, 6.07) is 7.93. The lowest BCUT2D eigenvalue weighted by atomic mass is 10.2. The van der Waals surface area contributed by atoms with Crippen molar-refractivity contribution in [3.8, 4) is 5.75 Å². The number of rotatable bonds is 8. The molecule has 0 fully saturated rings. The van der Waals surface area contributed by atoms with E-state index in [1.165, 1.54) is 6.26 Å². The van der Waals surface area contributed by atoms with Gasteiger partial charge in [0.2, 0.25) is 0 Å². The Bertz CT molecular complexity index is 483. The first-order chi connectivity index (χ1) is 8.87. The Morgan fingerprint density at radius 1 is 1.32 bits per heavy atom. The van der Waals surface area contributed by atoms with Crippen LogP contribution in [0.4, 0.5) is 0 Å². The van der Waals surface area contributed by atoms with Crippen LogP contribution in [0.1, 0.15) is 25.8 Å². The molecule has 0 radical (unpaired) electrons. The van der Waals surface area contributed by atoms with Gasteiger partial charge in [0.1, 0.15) is 15.6 Å². The number of nitrogens with one attached hydrogen (secondary N) is 1. The highest BCUT2D eigenvalue weighted by Gasteiger charge is 2.02. The van der Waals surface area contributed by atoms with Gasteiger partial charge in [0.25, 0.3) is 0 Å². The topological polar surface area (TPSA) is 55.4 Å². The Morgan fingerprint density at radius 2 is 2.05 bits per heavy atom. The summed E-state index contributed by atoms with van der Waals surface area (Å²) in [6.07, 6.45) is 2.07. The van der Waals surface area contributed by atoms with Crippen LogP contribution in [0.15, 0.2) is 24.3 Å². The molecule has 0 atom stereocenters. The predicted molar refractivity (Wildman–Crippen MR) is 78.2 cm³/mol. The largest absolute Gasteiger partial charge is 0.491 e. The normalized spacial score (nSPS) is 11.8. The Labute approximate surface area is 116 Å². The average Bonchev–Trinajstić information content (AvgIpc) is 2.26. The van der Waals surface area contributed by atoms with Crippen LogP contribution in [0.25, 0.3) is 0 Å². The van der Waals surface area contributed by atoms with Crippen molar-refractivity contribution in [2.24, 2.45) is 0 Å². The van der Waals surface area contributed by atoms with E-state index in [-0.39, 0.29) is 11.9 Å². The van der Waals surface area contributed by atoms with E-state index in [1.807, 2.05) is 38.1 Å². The highest BCUT2D eigenvalue weighted by molar-refractivity contribution is 7.90. The van der Waals surface area contributed by atoms with Gasteiger partial charge in [0, 0.05) is 12.8 Å². The summed E-state index contributed by atoms with van der Waals surface area (Å²) in [5, 5.41) is 3.23. The fourth-order valence-electron chi connectivity index (χ4n) is 1.69. The molecule has 0 aliphatic rings. The SMILES string of the molecule is CC(C)Oc1cccc(CNCCCS(C)(=O)=O)c1. The number of benzene rings is 1. The summed E-state index contributed by atoms with van der Waals surface area (Å²) in [6.45, 7) is 5.41. The van der Waals surface area contributed by atoms with Crippen LogP contribution in [0, 0.1) is 0 Å². The van der Waals surface area contributed by atoms with Gasteiger partial charge in [-0.05, 0) is 44.5 Å². The van der Waals surface area contributed by atoms with Gasteiger partial charge < -0.3 is 10.1 Å². The molecule has 0 saturated carbocycles. The van der Waals surface area contributed by atoms with Crippen molar-refractivity contribution in [2.75, 3.05) is 18.6 Å². The Hall–Kier alpha value is -1.07. The molecule has 1 N–H and O–H groups in total. The minimum atomic E-state index is -2.85. The zero-order chi connectivity index (χ0) is 14.3. The smallest absolute Gasteiger partial charge is 0.147 e. The fourth-order valence-corrected chi connectivity index (χ4v) is 2.36. The maximum Gasteiger partial charge on any atom is 0.147 e. The molecule has 0 aliphatic heterocycles. The first kappa shape index (κ1) is 16.0. The second-order valence-corrected chi connectivity index (χ2v) is 7.23. The van der Waals surface area contributed by atoms with Crippen molar-refractivity contribution in [1.82, 2.24) is 5.32 Å². The number of hydrogen-bond donors (Lipinski definition) is 1. The van der Waals surface area contributed by atoms with E-state index < -0.39 is 9.84 Å². The number of sulfone groups is 1. The van der Waals surface area contributed by atoms with E-state index in [0.717, 1.165) is 17.9 Å². The van der Waals surface area contributed by atoms with Crippen LogP contribution < -0.4 is 10.1 Å². The average molecular weight is 285 g/mol. The van der Waals surface area contributed by atoms with Crippen LogP contribution in [0.5, 0.6) is 5.75 Å². The van der Waals surface area contributed by atoms with Crippen molar-refractivity contribution >= 4 is 9.84 Å². The number of ether oxygens (including phenoxy) is 1. The minimum Gasteiger partial charge on any atom is -0.491 e. The molecule has 5 heteroatoms. The molecule has 0 heterocycles. The first-order valence-electron chi connectivity index (χ1n) is 6.51. The van der Waals surface area contributed by atoms with Gasteiger partial charge in [-0.1, -0.05) is 12.1 Å². The van der Waals surface area contributed by atoms with Gasteiger partial charge in [-0.15, -0.1) is 0 Å². The van der Waals surface area contributed by atoms with Crippen LogP contribution in [-0.4, -0.2) is 33.1 Å². The molecule has 19 heavy (non-hydrogen) atoms. The van der Waals surface area contributed by atoms with E-state index in [2.05, 4.69) is 5.32 Å². The molecular weight excluding hydrogens is 262 g/mol. The van der Waals surface area contributed by atoms with Gasteiger partial charge in [0.05, 0.1) is 11.9 Å².